The smallest absolute Gasteiger partial charge is 0.198 e. The van der Waals surface area contributed by atoms with Crippen LogP contribution in [0.5, 0.6) is 5.75 Å². The quantitative estimate of drug-likeness (QED) is 0.0133. The fourth-order valence-corrected chi connectivity index (χ4v) is 15.6. The minimum Gasteiger partial charge on any atom is -0.494 e. The van der Waals surface area contributed by atoms with Crippen molar-refractivity contribution >= 4 is 76.8 Å². The van der Waals surface area contributed by atoms with E-state index in [1.807, 2.05) is 0 Å². The Balaban J connectivity index is 0.000000314. The summed E-state index contributed by atoms with van der Waals surface area (Å²) in [5.74, 6) is -103. The molecule has 630 valence electrons. The summed E-state index contributed by atoms with van der Waals surface area (Å²) >= 11 is 0. The van der Waals surface area contributed by atoms with Gasteiger partial charge in [-0.05, 0) is 59.9 Å². The van der Waals surface area contributed by atoms with Crippen molar-refractivity contribution in [2.75, 3.05) is 19.7 Å². The molecule has 9 rings (SSSR count). The van der Waals surface area contributed by atoms with Gasteiger partial charge in [-0.15, -0.1) is 21.9 Å². The molecule has 0 aliphatic carbocycles. The molecule has 0 aromatic heterocycles. The molecular weight excluding hydrogens is 1580 g/mol. The van der Waals surface area contributed by atoms with Gasteiger partial charge in [-0.25, -0.2) is 123 Å². The Hall–Kier alpha value is -8.12. The number of rotatable bonds is 41. The SMILES string of the molecule is CCCCCCCCCCCCCCCCCCOc1ccc([NH+](CC)CCCCCCCCCCCCCCCCCC)cc1.Fc1c(F)c(F)c2c([B-](c3c(F)c(F)c(F)c4c(F)c(F)c(F)c(F)c34)(c3c(F)c(F)c(F)c4c(F)c(F)c(F)c(F)c34)c3c(F)c(F)c(F)c4c(F)c(F)c(F)c(F)c34)c(F)c(F)c(F)c2c1F. The maximum absolute atomic E-state index is 17.3. The van der Waals surface area contributed by atoms with Crippen LogP contribution in [0.1, 0.15) is 226 Å². The number of ether oxygens (including phenoxy) is 1. The standard InChI is InChI=1S/C44H83NO.C40BF28/c1-4-7-9-11-13-15-17-19-21-23-25-27-29-31-33-35-41-45(6-3)43-37-39-44(40-38-43)46-42-36-34-32-30-28-26-24-22-20-18-16-14-12-10-8-5-2;42-13-1-5(21(50)37(66)33(13)62)17(46)29(58)25(54)9(1)41(10-2-6(18(47)30(59)26(10)55)22(51)38(67)34(63)14(2)43,11-3-7(19(48)31(60)27(11)56)23(52)39(68)35(64)15(3)44)12-4-8(20(49)32(61)28(12)57)24(53)40(69)36(65)16(4)45/h37-40H,4-36,41-42H2,1-3H3;/q;-1/p+1. The highest BCUT2D eigenvalue weighted by molar-refractivity contribution is 7.23. The van der Waals surface area contributed by atoms with Gasteiger partial charge in [0.1, 0.15) is 40.9 Å². The van der Waals surface area contributed by atoms with E-state index in [0.717, 1.165) is 18.9 Å². The fraction of sp³-hybridized carbons (Fsp3) is 0.452. The van der Waals surface area contributed by atoms with Crippen LogP contribution in [0.25, 0.3) is 43.1 Å². The molecule has 9 aromatic carbocycles. The zero-order chi connectivity index (χ0) is 84.6. The van der Waals surface area contributed by atoms with Crippen LogP contribution in [0.4, 0.5) is 129 Å². The Bertz CT molecular complexity index is 4420. The van der Waals surface area contributed by atoms with Crippen molar-refractivity contribution in [1.29, 1.82) is 0 Å². The summed E-state index contributed by atoms with van der Waals surface area (Å²) in [5.41, 5.74) is -14.1. The minimum absolute atomic E-state index is 0.862. The molecule has 0 saturated heterocycles. The van der Waals surface area contributed by atoms with E-state index in [0.29, 0.717) is 0 Å². The number of hydrogen-bond donors (Lipinski definition) is 1. The normalized spacial score (nSPS) is 12.3. The van der Waals surface area contributed by atoms with Crippen molar-refractivity contribution in [1.82, 2.24) is 0 Å². The Morgan fingerprint density at radius 2 is 0.391 bits per heavy atom. The molecule has 1 unspecified atom stereocenters. The second kappa shape index (κ2) is 41.8. The Kier molecular flexibility index (Phi) is 33.6. The Labute approximate surface area is 645 Å². The van der Waals surface area contributed by atoms with Crippen LogP contribution in [0.15, 0.2) is 24.3 Å². The van der Waals surface area contributed by atoms with Crippen LogP contribution >= 0.6 is 0 Å². The highest BCUT2D eigenvalue weighted by atomic mass is 19.2. The molecule has 2 nitrogen and oxygen atoms in total. The zero-order valence-corrected chi connectivity index (χ0v) is 63.1. The first-order valence-electron chi connectivity index (χ1n) is 38.8. The van der Waals surface area contributed by atoms with Crippen LogP contribution < -0.4 is 31.5 Å². The van der Waals surface area contributed by atoms with Gasteiger partial charge in [0.2, 0.25) is 0 Å². The lowest BCUT2D eigenvalue weighted by atomic mass is 9.11. The predicted molar refractivity (Wildman–Crippen MR) is 386 cm³/mol. The number of benzene rings is 9. The molecule has 0 bridgehead atoms. The van der Waals surface area contributed by atoms with Crippen LogP contribution in [0, 0.1) is 163 Å². The zero-order valence-electron chi connectivity index (χ0n) is 63.1. The lowest BCUT2D eigenvalue weighted by Crippen LogP contribution is -3.06. The summed E-state index contributed by atoms with van der Waals surface area (Å²) in [6.45, 7) is 10.2. The molecule has 31 heteroatoms. The third kappa shape index (κ3) is 19.1. The van der Waals surface area contributed by atoms with Crippen molar-refractivity contribution in [3.8, 4) is 5.75 Å². The molecule has 0 radical (unpaired) electrons. The van der Waals surface area contributed by atoms with E-state index in [4.69, 9.17) is 4.74 Å². The molecule has 9 aromatic rings. The van der Waals surface area contributed by atoms with Crippen LogP contribution in [-0.4, -0.2) is 25.8 Å². The van der Waals surface area contributed by atoms with E-state index >= 15 is 105 Å². The maximum atomic E-state index is 17.3. The largest absolute Gasteiger partial charge is 0.494 e. The second-order valence-electron chi connectivity index (χ2n) is 29.0. The average Bonchev–Trinajstić information content (AvgIpc) is 0.661. The van der Waals surface area contributed by atoms with Crippen molar-refractivity contribution in [3.63, 3.8) is 0 Å². The topological polar surface area (TPSA) is 13.7 Å². The first-order chi connectivity index (χ1) is 54.8. The Morgan fingerprint density at radius 3 is 0.600 bits per heavy atom. The third-order valence-corrected chi connectivity index (χ3v) is 21.5. The minimum atomic E-state index is -8.05. The molecule has 115 heavy (non-hydrogen) atoms. The monoisotopic (exact) mass is 1670 g/mol. The van der Waals surface area contributed by atoms with E-state index in [1.54, 1.807) is 4.90 Å². The number of hydrogen-bond acceptors (Lipinski definition) is 1. The first-order valence-corrected chi connectivity index (χ1v) is 38.8. The summed E-state index contributed by atoms with van der Waals surface area (Å²) in [7, 11) is 0. The molecule has 1 atom stereocenters. The summed E-state index contributed by atoms with van der Waals surface area (Å²) in [6, 6.07) is 9.00. The van der Waals surface area contributed by atoms with Gasteiger partial charge < -0.3 is 9.64 Å². The Morgan fingerprint density at radius 1 is 0.209 bits per heavy atom. The van der Waals surface area contributed by atoms with Gasteiger partial charge in [0, 0.05) is 12.1 Å². The van der Waals surface area contributed by atoms with Crippen molar-refractivity contribution in [2.45, 2.75) is 226 Å². The van der Waals surface area contributed by atoms with Crippen molar-refractivity contribution in [2.24, 2.45) is 0 Å². The van der Waals surface area contributed by atoms with Gasteiger partial charge in [-0.1, -0.05) is 200 Å². The van der Waals surface area contributed by atoms with E-state index in [1.165, 1.54) is 218 Å². The van der Waals surface area contributed by atoms with E-state index in [-0.39, 0.29) is 0 Å². The first kappa shape index (κ1) is 92.4. The lowest BCUT2D eigenvalue weighted by Gasteiger charge is -2.47. The molecular formula is C84H84BF28NO. The molecule has 0 heterocycles. The fourth-order valence-electron chi connectivity index (χ4n) is 15.6. The van der Waals surface area contributed by atoms with Gasteiger partial charge in [-0.3, -0.25) is 0 Å². The van der Waals surface area contributed by atoms with Crippen molar-refractivity contribution < 1.29 is 133 Å². The number of halogens is 28. The molecule has 1 N–H and O–H groups in total. The number of quaternary nitrogens is 1. The lowest BCUT2D eigenvalue weighted by molar-refractivity contribution is -0.831. The molecule has 0 spiro atoms. The van der Waals surface area contributed by atoms with E-state index in [2.05, 4.69) is 45.0 Å². The van der Waals surface area contributed by atoms with Gasteiger partial charge in [-0.2, -0.15) is 0 Å². The van der Waals surface area contributed by atoms with Crippen LogP contribution in [-0.2, 0) is 0 Å². The second-order valence-corrected chi connectivity index (χ2v) is 29.0. The number of fused-ring (bicyclic) bond motifs is 4. The number of unbranched alkanes of at least 4 members (excludes halogenated alkanes) is 30. The third-order valence-electron chi connectivity index (χ3n) is 21.5. The highest BCUT2D eigenvalue weighted by Gasteiger charge is 2.52. The molecule has 0 saturated carbocycles. The van der Waals surface area contributed by atoms with Gasteiger partial charge in [0.15, 0.2) is 140 Å². The van der Waals surface area contributed by atoms with Crippen LogP contribution in [0.3, 0.4) is 0 Å². The molecule has 0 amide bonds. The summed E-state index contributed by atoms with van der Waals surface area (Å²) in [4.78, 5) is 1.62. The van der Waals surface area contributed by atoms with Gasteiger partial charge >= 0.3 is 0 Å². The van der Waals surface area contributed by atoms with Crippen LogP contribution in [0.2, 0.25) is 0 Å². The summed E-state index contributed by atoms with van der Waals surface area (Å²) in [6.07, 6.45) is 37.6. The highest BCUT2D eigenvalue weighted by Crippen LogP contribution is 2.43. The summed E-state index contributed by atoms with van der Waals surface area (Å²) in [5, 5.41) is -27.0. The summed E-state index contributed by atoms with van der Waals surface area (Å²) < 4.78 is 452. The van der Waals surface area contributed by atoms with E-state index in [9.17, 15) is 17.6 Å². The maximum Gasteiger partial charge on any atom is 0.198 e. The van der Waals surface area contributed by atoms with Gasteiger partial charge in [0.05, 0.1) is 41.2 Å². The molecule has 0 aliphatic heterocycles. The number of nitrogens with one attached hydrogen (secondary N) is 1. The van der Waals surface area contributed by atoms with Gasteiger partial charge in [0.25, 0.3) is 0 Å². The molecule has 0 fully saturated rings. The average molecular weight is 1670 g/mol. The predicted octanol–water partition coefficient (Wildman–Crippen LogP) is 25.7. The van der Waals surface area contributed by atoms with E-state index < -0.39 is 234 Å². The van der Waals surface area contributed by atoms with Crippen molar-refractivity contribution in [3.05, 3.63) is 187 Å². The molecule has 0 aliphatic rings.